The van der Waals surface area contributed by atoms with Crippen molar-refractivity contribution in [2.24, 2.45) is 5.41 Å². The Morgan fingerprint density at radius 3 is 2.70 bits per heavy atom. The van der Waals surface area contributed by atoms with Crippen LogP contribution in [0.2, 0.25) is 0 Å². The molecule has 0 atom stereocenters. The Morgan fingerprint density at radius 1 is 1.45 bits per heavy atom. The molecule has 2 aliphatic heterocycles. The van der Waals surface area contributed by atoms with Gasteiger partial charge in [-0.25, -0.2) is 0 Å². The first-order chi connectivity index (χ1) is 9.52. The van der Waals surface area contributed by atoms with E-state index in [1.165, 1.54) is 16.7 Å². The van der Waals surface area contributed by atoms with Crippen LogP contribution in [0.25, 0.3) is 0 Å². The maximum atomic E-state index is 8.88. The molecule has 2 fully saturated rings. The fourth-order valence-electron chi connectivity index (χ4n) is 2.82. The molecule has 0 saturated carbocycles. The van der Waals surface area contributed by atoms with Crippen molar-refractivity contribution in [1.29, 1.82) is 5.26 Å². The van der Waals surface area contributed by atoms with Gasteiger partial charge >= 0.3 is 0 Å². The Hall–Kier alpha value is -0.980. The topological polar surface area (TPSA) is 27.0 Å². The van der Waals surface area contributed by atoms with Gasteiger partial charge in [0.1, 0.15) is 0 Å². The summed E-state index contributed by atoms with van der Waals surface area (Å²) in [7, 11) is 0. The molecule has 3 heteroatoms. The summed E-state index contributed by atoms with van der Waals surface area (Å²) >= 11 is 1.93. The Balaban J connectivity index is 1.82. The molecule has 0 aromatic rings. The predicted octanol–water partition coefficient (Wildman–Crippen LogP) is 3.79. The zero-order valence-corrected chi connectivity index (χ0v) is 13.3. The number of hydrogen-bond acceptors (Lipinski definition) is 3. The molecule has 0 radical (unpaired) electrons. The first-order valence-electron chi connectivity index (χ1n) is 7.26. The molecule has 2 nitrogen and oxygen atoms in total. The van der Waals surface area contributed by atoms with Gasteiger partial charge in [0.2, 0.25) is 0 Å². The Labute approximate surface area is 127 Å². The lowest BCUT2D eigenvalue weighted by Gasteiger charge is -2.38. The van der Waals surface area contributed by atoms with Gasteiger partial charge in [-0.15, -0.1) is 0 Å². The van der Waals surface area contributed by atoms with Crippen LogP contribution in [0.1, 0.15) is 26.2 Å². The van der Waals surface area contributed by atoms with Crippen molar-refractivity contribution in [1.82, 2.24) is 4.90 Å². The van der Waals surface area contributed by atoms with Crippen molar-refractivity contribution in [3.05, 3.63) is 36.0 Å². The molecule has 0 aromatic heterocycles. The molecule has 108 valence electrons. The summed E-state index contributed by atoms with van der Waals surface area (Å²) in [6.07, 6.45) is 5.15. The zero-order valence-electron chi connectivity index (χ0n) is 12.5. The quantitative estimate of drug-likeness (QED) is 0.787. The van der Waals surface area contributed by atoms with E-state index in [-0.39, 0.29) is 5.41 Å². The van der Waals surface area contributed by atoms with E-state index in [4.69, 9.17) is 5.26 Å². The highest BCUT2D eigenvalue weighted by Crippen LogP contribution is 2.34. The van der Waals surface area contributed by atoms with Crippen molar-refractivity contribution in [3.8, 4) is 6.07 Å². The van der Waals surface area contributed by atoms with Crippen molar-refractivity contribution in [2.75, 3.05) is 31.1 Å². The van der Waals surface area contributed by atoms with E-state index in [0.29, 0.717) is 6.42 Å². The van der Waals surface area contributed by atoms with Crippen LogP contribution in [0.4, 0.5) is 0 Å². The molecule has 2 saturated heterocycles. The van der Waals surface area contributed by atoms with E-state index >= 15 is 0 Å². The molecule has 0 aliphatic carbocycles. The Kier molecular flexibility index (Phi) is 5.12. The zero-order chi connectivity index (χ0) is 14.6. The van der Waals surface area contributed by atoms with Crippen LogP contribution < -0.4 is 0 Å². The molecule has 0 bridgehead atoms. The first-order valence-corrected chi connectivity index (χ1v) is 8.41. The highest BCUT2D eigenvalue weighted by atomic mass is 32.2. The van der Waals surface area contributed by atoms with E-state index in [1.807, 2.05) is 11.8 Å². The smallest absolute Gasteiger partial charge is 0.0627 e. The van der Waals surface area contributed by atoms with Crippen LogP contribution in [-0.2, 0) is 0 Å². The Bertz CT molecular complexity index is 462. The van der Waals surface area contributed by atoms with Crippen molar-refractivity contribution < 1.29 is 0 Å². The monoisotopic (exact) mass is 288 g/mol. The number of hydrogen-bond donors (Lipinski definition) is 0. The van der Waals surface area contributed by atoms with Gasteiger partial charge in [-0.3, -0.25) is 4.90 Å². The van der Waals surface area contributed by atoms with E-state index in [9.17, 15) is 0 Å². The van der Waals surface area contributed by atoms with Crippen molar-refractivity contribution in [2.45, 2.75) is 26.2 Å². The SMILES string of the molecule is C=C(/C=C1/CSCC1=C)CN1CCC(C)(CC#N)CC1. The molecule has 2 rings (SSSR count). The molecule has 0 spiro atoms. The summed E-state index contributed by atoms with van der Waals surface area (Å²) in [4.78, 5) is 2.46. The molecule has 2 heterocycles. The van der Waals surface area contributed by atoms with E-state index in [1.54, 1.807) is 0 Å². The highest BCUT2D eigenvalue weighted by Gasteiger charge is 2.29. The molecule has 0 aromatic carbocycles. The summed E-state index contributed by atoms with van der Waals surface area (Å²) in [5.74, 6) is 2.15. The number of rotatable bonds is 4. The van der Waals surface area contributed by atoms with Crippen molar-refractivity contribution in [3.63, 3.8) is 0 Å². The average Bonchev–Trinajstić information content (AvgIpc) is 2.78. The third-order valence-electron chi connectivity index (χ3n) is 4.36. The summed E-state index contributed by atoms with van der Waals surface area (Å²) < 4.78 is 0. The predicted molar refractivity (Wildman–Crippen MR) is 87.7 cm³/mol. The van der Waals surface area contributed by atoms with Crippen LogP contribution >= 0.6 is 11.8 Å². The third-order valence-corrected chi connectivity index (χ3v) is 5.43. The van der Waals surface area contributed by atoms with Gasteiger partial charge in [0.05, 0.1) is 6.07 Å². The van der Waals surface area contributed by atoms with Gasteiger partial charge in [-0.1, -0.05) is 26.2 Å². The fourth-order valence-corrected chi connectivity index (χ4v) is 3.86. The van der Waals surface area contributed by atoms with Gasteiger partial charge in [-0.2, -0.15) is 17.0 Å². The number of nitrogens with zero attached hydrogens (tertiary/aromatic N) is 2. The maximum Gasteiger partial charge on any atom is 0.0627 e. The van der Waals surface area contributed by atoms with E-state index in [2.05, 4.69) is 37.1 Å². The van der Waals surface area contributed by atoms with Crippen LogP contribution in [0.15, 0.2) is 36.0 Å². The number of piperidine rings is 1. The molecular formula is C17H24N2S. The van der Waals surface area contributed by atoms with Gasteiger partial charge in [0, 0.05) is 24.5 Å². The van der Waals surface area contributed by atoms with E-state index < -0.39 is 0 Å². The standard InChI is InChI=1S/C17H24N2S/c1-14(10-16-13-20-12-15(16)2)11-19-8-5-17(3,4-7-18)6-9-19/h10H,1-2,4-6,8-9,11-13H2,3H3/b16-10-. The lowest BCUT2D eigenvalue weighted by Crippen LogP contribution is -2.39. The summed E-state index contributed by atoms with van der Waals surface area (Å²) in [5, 5.41) is 8.88. The minimum absolute atomic E-state index is 0.224. The number of thioether (sulfide) groups is 1. The molecule has 2 aliphatic rings. The minimum atomic E-state index is 0.224. The molecule has 20 heavy (non-hydrogen) atoms. The van der Waals surface area contributed by atoms with Gasteiger partial charge in [0.25, 0.3) is 0 Å². The second-order valence-corrected chi connectivity index (χ2v) is 7.33. The van der Waals surface area contributed by atoms with Crippen LogP contribution in [0.3, 0.4) is 0 Å². The third kappa shape index (κ3) is 4.01. The van der Waals surface area contributed by atoms with Gasteiger partial charge in [-0.05, 0) is 48.1 Å². The summed E-state index contributed by atoms with van der Waals surface area (Å²) in [5.41, 5.74) is 4.04. The van der Waals surface area contributed by atoms with Crippen LogP contribution in [-0.4, -0.2) is 36.0 Å². The number of likely N-dealkylation sites (tertiary alicyclic amines) is 1. The van der Waals surface area contributed by atoms with Crippen molar-refractivity contribution >= 4 is 11.8 Å². The lowest BCUT2D eigenvalue weighted by atomic mass is 9.78. The van der Waals surface area contributed by atoms with Gasteiger partial charge < -0.3 is 0 Å². The largest absolute Gasteiger partial charge is 0.299 e. The minimum Gasteiger partial charge on any atom is -0.299 e. The average molecular weight is 288 g/mol. The second kappa shape index (κ2) is 6.65. The first kappa shape index (κ1) is 15.4. The summed E-state index contributed by atoms with van der Waals surface area (Å²) in [6, 6.07) is 2.33. The van der Waals surface area contributed by atoms with E-state index in [0.717, 1.165) is 44.0 Å². The number of nitriles is 1. The second-order valence-electron chi connectivity index (χ2n) is 6.35. The summed E-state index contributed by atoms with van der Waals surface area (Å²) in [6.45, 7) is 13.6. The normalized spacial score (nSPS) is 24.8. The van der Waals surface area contributed by atoms with Gasteiger partial charge in [0.15, 0.2) is 0 Å². The molecule has 0 N–H and O–H groups in total. The van der Waals surface area contributed by atoms with Crippen LogP contribution in [0.5, 0.6) is 0 Å². The fraction of sp³-hybridized carbons (Fsp3) is 0.588. The Morgan fingerprint density at radius 2 is 2.15 bits per heavy atom. The van der Waals surface area contributed by atoms with Crippen LogP contribution in [0, 0.1) is 16.7 Å². The lowest BCUT2D eigenvalue weighted by molar-refractivity contribution is 0.130. The molecular weight excluding hydrogens is 264 g/mol. The highest BCUT2D eigenvalue weighted by molar-refractivity contribution is 8.00. The maximum absolute atomic E-state index is 8.88. The molecule has 0 unspecified atom stereocenters. The molecule has 0 amide bonds.